The van der Waals surface area contributed by atoms with Crippen molar-refractivity contribution in [3.63, 3.8) is 0 Å². The highest BCUT2D eigenvalue weighted by Gasteiger charge is 2.42. The molecule has 0 N–H and O–H groups in total. The first-order valence-electron chi connectivity index (χ1n) is 4.79. The lowest BCUT2D eigenvalue weighted by Crippen LogP contribution is -2.47. The Balaban J connectivity index is 2.49. The molecule has 5 heteroatoms. The summed E-state index contributed by atoms with van der Waals surface area (Å²) >= 11 is 0. The van der Waals surface area contributed by atoms with Gasteiger partial charge in [-0.05, 0) is 6.08 Å². The van der Waals surface area contributed by atoms with Crippen molar-refractivity contribution in [1.82, 2.24) is 5.01 Å². The molecule has 0 aliphatic carbocycles. The third-order valence-electron chi connectivity index (χ3n) is 2.45. The van der Waals surface area contributed by atoms with Crippen molar-refractivity contribution in [2.24, 2.45) is 5.29 Å². The summed E-state index contributed by atoms with van der Waals surface area (Å²) in [5.74, 6) is 0. The molecule has 1 aromatic rings. The molecule has 0 radical (unpaired) electrons. The number of hydrogen-bond acceptors (Lipinski definition) is 4. The lowest BCUT2D eigenvalue weighted by Gasteiger charge is -2.36. The number of aldehydes is 1. The van der Waals surface area contributed by atoms with Gasteiger partial charge >= 0.3 is 0 Å². The molecule has 1 aromatic carbocycles. The lowest BCUT2D eigenvalue weighted by molar-refractivity contribution is -0.155. The smallest absolute Gasteiger partial charge is 0.281 e. The second-order valence-corrected chi connectivity index (χ2v) is 3.33. The number of ether oxygens (including phenoxy) is 1. The van der Waals surface area contributed by atoms with Gasteiger partial charge in [-0.1, -0.05) is 30.3 Å². The third-order valence-corrected chi connectivity index (χ3v) is 2.45. The second kappa shape index (κ2) is 4.14. The SMILES string of the molecule is O=CC1(c2ccccc2)OC=CCN1N=O. The number of rotatable bonds is 3. The molecule has 82 valence electrons. The monoisotopic (exact) mass is 218 g/mol. The van der Waals surface area contributed by atoms with Crippen molar-refractivity contribution in [3.05, 3.63) is 53.1 Å². The predicted molar refractivity (Wildman–Crippen MR) is 56.9 cm³/mol. The molecule has 1 aliphatic heterocycles. The van der Waals surface area contributed by atoms with Crippen molar-refractivity contribution in [2.45, 2.75) is 5.72 Å². The Morgan fingerprint density at radius 2 is 2.12 bits per heavy atom. The molecule has 1 aliphatic rings. The summed E-state index contributed by atoms with van der Waals surface area (Å²) in [4.78, 5) is 22.0. The van der Waals surface area contributed by atoms with E-state index >= 15 is 0 Å². The van der Waals surface area contributed by atoms with Crippen LogP contribution in [0.3, 0.4) is 0 Å². The fourth-order valence-electron chi connectivity index (χ4n) is 1.64. The molecule has 16 heavy (non-hydrogen) atoms. The van der Waals surface area contributed by atoms with E-state index in [4.69, 9.17) is 4.74 Å². The van der Waals surface area contributed by atoms with Crippen LogP contribution in [0.4, 0.5) is 0 Å². The van der Waals surface area contributed by atoms with Crippen LogP contribution in [0.25, 0.3) is 0 Å². The van der Waals surface area contributed by atoms with Crippen LogP contribution >= 0.6 is 0 Å². The van der Waals surface area contributed by atoms with E-state index in [2.05, 4.69) is 5.29 Å². The van der Waals surface area contributed by atoms with E-state index in [1.807, 2.05) is 6.07 Å². The zero-order valence-electron chi connectivity index (χ0n) is 8.45. The van der Waals surface area contributed by atoms with Gasteiger partial charge in [-0.25, -0.2) is 5.01 Å². The molecule has 0 amide bonds. The quantitative estimate of drug-likeness (QED) is 0.570. The Hall–Kier alpha value is -2.17. The fourth-order valence-corrected chi connectivity index (χ4v) is 1.64. The van der Waals surface area contributed by atoms with Gasteiger partial charge in [-0.2, -0.15) is 0 Å². The molecule has 5 nitrogen and oxygen atoms in total. The molecule has 0 saturated heterocycles. The Morgan fingerprint density at radius 3 is 2.75 bits per heavy atom. The van der Waals surface area contributed by atoms with Crippen LogP contribution in [0.1, 0.15) is 5.56 Å². The Morgan fingerprint density at radius 1 is 1.38 bits per heavy atom. The van der Waals surface area contributed by atoms with E-state index in [9.17, 15) is 9.70 Å². The normalized spacial score (nSPS) is 23.6. The average molecular weight is 218 g/mol. The van der Waals surface area contributed by atoms with Gasteiger partial charge in [0.1, 0.15) is 0 Å². The first-order chi connectivity index (χ1) is 7.83. The topological polar surface area (TPSA) is 59.0 Å². The number of benzene rings is 1. The molecular formula is C11H10N2O3. The van der Waals surface area contributed by atoms with Crippen molar-refractivity contribution >= 4 is 6.29 Å². The number of carbonyl (C=O) groups excluding carboxylic acids is 1. The fraction of sp³-hybridized carbons (Fsp3) is 0.182. The van der Waals surface area contributed by atoms with Crippen LogP contribution in [-0.4, -0.2) is 17.8 Å². The largest absolute Gasteiger partial charge is 0.463 e. The van der Waals surface area contributed by atoms with Gasteiger partial charge in [0.05, 0.1) is 18.1 Å². The minimum absolute atomic E-state index is 0.247. The van der Waals surface area contributed by atoms with E-state index in [1.54, 1.807) is 30.3 Å². The molecule has 1 atom stereocenters. The van der Waals surface area contributed by atoms with Gasteiger partial charge in [-0.3, -0.25) is 4.79 Å². The van der Waals surface area contributed by atoms with Crippen LogP contribution in [0.2, 0.25) is 0 Å². The summed E-state index contributed by atoms with van der Waals surface area (Å²) in [6.07, 6.45) is 3.60. The molecule has 1 heterocycles. The lowest BCUT2D eigenvalue weighted by atomic mass is 10.0. The van der Waals surface area contributed by atoms with Crippen molar-refractivity contribution in [3.8, 4) is 0 Å². The summed E-state index contributed by atoms with van der Waals surface area (Å²) in [5, 5.41) is 3.89. The van der Waals surface area contributed by atoms with Gasteiger partial charge < -0.3 is 4.74 Å². The number of nitroso groups, excluding NO2 is 1. The molecule has 0 saturated carbocycles. The van der Waals surface area contributed by atoms with Gasteiger partial charge in [-0.15, -0.1) is 4.91 Å². The minimum atomic E-state index is -1.43. The van der Waals surface area contributed by atoms with Gasteiger partial charge in [0.25, 0.3) is 5.72 Å². The number of hydrogen-bond donors (Lipinski definition) is 0. The van der Waals surface area contributed by atoms with E-state index in [0.717, 1.165) is 5.01 Å². The highest BCUT2D eigenvalue weighted by Crippen LogP contribution is 2.30. The summed E-state index contributed by atoms with van der Waals surface area (Å²) in [7, 11) is 0. The molecule has 2 rings (SSSR count). The summed E-state index contributed by atoms with van der Waals surface area (Å²) in [6, 6.07) is 8.79. The molecule has 0 aromatic heterocycles. The third kappa shape index (κ3) is 1.46. The Labute approximate surface area is 92.3 Å². The van der Waals surface area contributed by atoms with Crippen molar-refractivity contribution in [1.29, 1.82) is 0 Å². The van der Waals surface area contributed by atoms with Crippen LogP contribution in [-0.2, 0) is 15.3 Å². The predicted octanol–water partition coefficient (Wildman–Crippen LogP) is 1.57. The maximum atomic E-state index is 11.3. The minimum Gasteiger partial charge on any atom is -0.463 e. The number of carbonyl (C=O) groups is 1. The standard InChI is InChI=1S/C11H10N2O3/c14-9-11(10-5-2-1-3-6-10)13(12-15)7-4-8-16-11/h1-6,8-9H,7H2. The van der Waals surface area contributed by atoms with Crippen LogP contribution in [0, 0.1) is 4.91 Å². The summed E-state index contributed by atoms with van der Waals surface area (Å²) < 4.78 is 5.29. The molecule has 0 spiro atoms. The second-order valence-electron chi connectivity index (χ2n) is 3.33. The van der Waals surface area contributed by atoms with E-state index < -0.39 is 5.72 Å². The van der Waals surface area contributed by atoms with E-state index in [0.29, 0.717) is 11.8 Å². The first kappa shape index (κ1) is 10.4. The molecule has 0 bridgehead atoms. The first-order valence-corrected chi connectivity index (χ1v) is 4.79. The van der Waals surface area contributed by atoms with Crippen LogP contribution in [0.5, 0.6) is 0 Å². The highest BCUT2D eigenvalue weighted by atomic mass is 16.5. The average Bonchev–Trinajstić information content (AvgIpc) is 2.39. The van der Waals surface area contributed by atoms with E-state index in [-0.39, 0.29) is 6.54 Å². The Bertz CT molecular complexity index is 418. The van der Waals surface area contributed by atoms with Crippen LogP contribution < -0.4 is 0 Å². The van der Waals surface area contributed by atoms with Crippen molar-refractivity contribution < 1.29 is 9.53 Å². The van der Waals surface area contributed by atoms with Crippen molar-refractivity contribution in [2.75, 3.05) is 6.54 Å². The summed E-state index contributed by atoms with van der Waals surface area (Å²) in [6.45, 7) is 0.247. The highest BCUT2D eigenvalue weighted by molar-refractivity contribution is 5.66. The van der Waals surface area contributed by atoms with E-state index in [1.165, 1.54) is 6.26 Å². The van der Waals surface area contributed by atoms with Gasteiger partial charge in [0.2, 0.25) is 0 Å². The molecule has 0 fully saturated rings. The zero-order valence-corrected chi connectivity index (χ0v) is 8.45. The molecular weight excluding hydrogens is 208 g/mol. The van der Waals surface area contributed by atoms with Gasteiger partial charge in [0, 0.05) is 5.56 Å². The zero-order chi connectivity index (χ0) is 11.4. The van der Waals surface area contributed by atoms with Gasteiger partial charge in [0.15, 0.2) is 6.29 Å². The maximum absolute atomic E-state index is 11.3. The molecule has 1 unspecified atom stereocenters. The summed E-state index contributed by atoms with van der Waals surface area (Å²) in [5.41, 5.74) is -0.855. The number of nitrogens with zero attached hydrogens (tertiary/aromatic N) is 2. The Kier molecular flexibility index (Phi) is 2.68. The maximum Gasteiger partial charge on any atom is 0.281 e. The van der Waals surface area contributed by atoms with Crippen LogP contribution in [0.15, 0.2) is 48.0 Å².